The number of halogens is 2. The summed E-state index contributed by atoms with van der Waals surface area (Å²) in [6.45, 7) is 2.62. The van der Waals surface area contributed by atoms with Gasteiger partial charge in [0.1, 0.15) is 11.6 Å². The molecule has 1 N–H and O–H groups in total. The molecular weight excluding hydrogens is 256 g/mol. The Kier molecular flexibility index (Phi) is 6.43. The molecular formula is C13H19F2NOS. The van der Waals surface area contributed by atoms with Crippen LogP contribution in [0.4, 0.5) is 8.78 Å². The molecule has 0 aromatic heterocycles. The topological polar surface area (TPSA) is 29.1 Å². The fourth-order valence-corrected chi connectivity index (χ4v) is 2.36. The Hall–Kier alpha value is -0.810. The zero-order valence-electron chi connectivity index (χ0n) is 10.7. The van der Waals surface area contributed by atoms with Crippen molar-refractivity contribution in [2.45, 2.75) is 25.8 Å². The summed E-state index contributed by atoms with van der Waals surface area (Å²) in [4.78, 5) is 0. The van der Waals surface area contributed by atoms with Gasteiger partial charge in [-0.3, -0.25) is 4.21 Å². The molecule has 0 radical (unpaired) electrons. The predicted molar refractivity (Wildman–Crippen MR) is 70.9 cm³/mol. The minimum atomic E-state index is -0.798. The van der Waals surface area contributed by atoms with Gasteiger partial charge in [0.25, 0.3) is 0 Å². The van der Waals surface area contributed by atoms with Crippen LogP contribution in [0.15, 0.2) is 18.2 Å². The van der Waals surface area contributed by atoms with E-state index in [1.807, 2.05) is 6.92 Å². The Labute approximate surface area is 109 Å². The number of benzene rings is 1. The minimum absolute atomic E-state index is 0.129. The molecule has 0 spiro atoms. The Morgan fingerprint density at radius 3 is 2.67 bits per heavy atom. The summed E-state index contributed by atoms with van der Waals surface area (Å²) in [6.07, 6.45) is 3.16. The van der Waals surface area contributed by atoms with Crippen LogP contribution in [0.5, 0.6) is 0 Å². The Morgan fingerprint density at radius 1 is 1.39 bits per heavy atom. The summed E-state index contributed by atoms with van der Waals surface area (Å²) in [5.74, 6) is -0.448. The highest BCUT2D eigenvalue weighted by Crippen LogP contribution is 2.20. The monoisotopic (exact) mass is 275 g/mol. The maximum Gasteiger partial charge on any atom is 0.130 e. The third-order valence-corrected chi connectivity index (χ3v) is 3.61. The number of nitrogens with one attached hydrogen (secondary N) is 1. The van der Waals surface area contributed by atoms with Crippen molar-refractivity contribution in [1.29, 1.82) is 0 Å². The number of rotatable bonds is 7. The molecule has 0 aliphatic rings. The van der Waals surface area contributed by atoms with E-state index in [9.17, 15) is 13.0 Å². The molecule has 0 saturated carbocycles. The maximum absolute atomic E-state index is 13.6. The van der Waals surface area contributed by atoms with Crippen LogP contribution in [-0.4, -0.2) is 22.8 Å². The van der Waals surface area contributed by atoms with E-state index >= 15 is 0 Å². The molecule has 0 amide bonds. The van der Waals surface area contributed by atoms with Crippen molar-refractivity contribution in [1.82, 2.24) is 5.32 Å². The first kappa shape index (κ1) is 15.2. The van der Waals surface area contributed by atoms with Crippen molar-refractivity contribution in [3.8, 4) is 0 Å². The summed E-state index contributed by atoms with van der Waals surface area (Å²) < 4.78 is 37.3. The summed E-state index contributed by atoms with van der Waals surface area (Å²) in [6, 6.07) is 3.52. The quantitative estimate of drug-likeness (QED) is 0.775. The third kappa shape index (κ3) is 4.82. The van der Waals surface area contributed by atoms with Gasteiger partial charge in [-0.15, -0.1) is 0 Å². The smallest absolute Gasteiger partial charge is 0.130 e. The van der Waals surface area contributed by atoms with Gasteiger partial charge in [0.2, 0.25) is 0 Å². The molecule has 0 saturated heterocycles. The van der Waals surface area contributed by atoms with Gasteiger partial charge in [0.15, 0.2) is 0 Å². The zero-order chi connectivity index (χ0) is 13.5. The van der Waals surface area contributed by atoms with Crippen LogP contribution in [0.25, 0.3) is 0 Å². The lowest BCUT2D eigenvalue weighted by molar-refractivity contribution is 0.483. The molecule has 0 aliphatic heterocycles. The third-order valence-electron chi connectivity index (χ3n) is 2.75. The van der Waals surface area contributed by atoms with E-state index in [1.54, 1.807) is 6.26 Å². The van der Waals surface area contributed by atoms with Crippen LogP contribution in [0, 0.1) is 11.6 Å². The Balaban J connectivity index is 2.57. The molecule has 18 heavy (non-hydrogen) atoms. The largest absolute Gasteiger partial charge is 0.310 e. The molecule has 0 heterocycles. The van der Waals surface area contributed by atoms with E-state index in [1.165, 1.54) is 12.1 Å². The van der Waals surface area contributed by atoms with Gasteiger partial charge in [-0.2, -0.15) is 0 Å². The predicted octanol–water partition coefficient (Wildman–Crippen LogP) is 2.77. The highest BCUT2D eigenvalue weighted by molar-refractivity contribution is 7.84. The second-order valence-electron chi connectivity index (χ2n) is 4.21. The standard InChI is InChI=1S/C13H19F2NOS/c1-3-13(16-7-4-8-18(2)17)11-6-5-10(14)9-12(11)15/h5-6,9,13,16H,3-4,7-8H2,1-2H3. The molecule has 2 atom stereocenters. The molecule has 5 heteroatoms. The fourth-order valence-electron chi connectivity index (χ4n) is 1.81. The molecule has 102 valence electrons. The van der Waals surface area contributed by atoms with Crippen molar-refractivity contribution < 1.29 is 13.0 Å². The lowest BCUT2D eigenvalue weighted by atomic mass is 10.0. The summed E-state index contributed by atoms with van der Waals surface area (Å²) >= 11 is 0. The summed E-state index contributed by atoms with van der Waals surface area (Å²) in [5.41, 5.74) is 0.483. The van der Waals surface area contributed by atoms with E-state index in [4.69, 9.17) is 0 Å². The van der Waals surface area contributed by atoms with Crippen LogP contribution in [0.1, 0.15) is 31.4 Å². The minimum Gasteiger partial charge on any atom is -0.310 e. The molecule has 1 aromatic rings. The lowest BCUT2D eigenvalue weighted by Crippen LogP contribution is -2.23. The van der Waals surface area contributed by atoms with Crippen molar-refractivity contribution in [3.05, 3.63) is 35.4 Å². The van der Waals surface area contributed by atoms with Gasteiger partial charge in [0.05, 0.1) is 0 Å². The van der Waals surface area contributed by atoms with Crippen LogP contribution in [0.3, 0.4) is 0 Å². The lowest BCUT2D eigenvalue weighted by Gasteiger charge is -2.18. The van der Waals surface area contributed by atoms with E-state index in [-0.39, 0.29) is 6.04 Å². The van der Waals surface area contributed by atoms with E-state index < -0.39 is 22.4 Å². The van der Waals surface area contributed by atoms with Gasteiger partial charge in [-0.05, 0) is 25.5 Å². The normalized spacial score (nSPS) is 14.4. The van der Waals surface area contributed by atoms with Gasteiger partial charge < -0.3 is 5.32 Å². The SMILES string of the molecule is CCC(NCCCS(C)=O)c1ccc(F)cc1F. The van der Waals surface area contributed by atoms with Gasteiger partial charge in [-0.1, -0.05) is 13.0 Å². The molecule has 2 nitrogen and oxygen atoms in total. The first-order valence-electron chi connectivity index (χ1n) is 6.03. The van der Waals surface area contributed by atoms with Crippen molar-refractivity contribution in [3.63, 3.8) is 0 Å². The number of hydrogen-bond acceptors (Lipinski definition) is 2. The van der Waals surface area contributed by atoms with Gasteiger partial charge in [-0.25, -0.2) is 8.78 Å². The van der Waals surface area contributed by atoms with Gasteiger partial charge >= 0.3 is 0 Å². The van der Waals surface area contributed by atoms with Crippen molar-refractivity contribution in [2.75, 3.05) is 18.6 Å². The maximum atomic E-state index is 13.6. The Bertz CT molecular complexity index is 412. The highest BCUT2D eigenvalue weighted by Gasteiger charge is 2.13. The van der Waals surface area contributed by atoms with Crippen LogP contribution in [0.2, 0.25) is 0 Å². The molecule has 0 bridgehead atoms. The van der Waals surface area contributed by atoms with E-state index in [0.717, 1.165) is 18.9 Å². The molecule has 2 unspecified atom stereocenters. The fraction of sp³-hybridized carbons (Fsp3) is 0.538. The van der Waals surface area contributed by atoms with Crippen molar-refractivity contribution in [2.24, 2.45) is 0 Å². The molecule has 0 fully saturated rings. The van der Waals surface area contributed by atoms with E-state index in [0.29, 0.717) is 17.9 Å². The first-order chi connectivity index (χ1) is 8.54. The van der Waals surface area contributed by atoms with E-state index in [2.05, 4.69) is 5.32 Å². The Morgan fingerprint density at radius 2 is 2.11 bits per heavy atom. The molecule has 1 aromatic carbocycles. The zero-order valence-corrected chi connectivity index (χ0v) is 11.5. The first-order valence-corrected chi connectivity index (χ1v) is 7.75. The molecule has 1 rings (SSSR count). The summed E-state index contributed by atoms with van der Waals surface area (Å²) in [5, 5.41) is 3.20. The average Bonchev–Trinajstić information content (AvgIpc) is 2.30. The summed E-state index contributed by atoms with van der Waals surface area (Å²) in [7, 11) is -0.798. The average molecular weight is 275 g/mol. The van der Waals surface area contributed by atoms with Crippen LogP contribution < -0.4 is 5.32 Å². The van der Waals surface area contributed by atoms with Crippen LogP contribution >= 0.6 is 0 Å². The van der Waals surface area contributed by atoms with Gasteiger partial charge in [0, 0.05) is 40.5 Å². The van der Waals surface area contributed by atoms with Crippen molar-refractivity contribution >= 4 is 10.8 Å². The van der Waals surface area contributed by atoms with Crippen LogP contribution in [-0.2, 0) is 10.8 Å². The number of hydrogen-bond donors (Lipinski definition) is 1. The highest BCUT2D eigenvalue weighted by atomic mass is 32.2. The second-order valence-corrected chi connectivity index (χ2v) is 5.77. The molecule has 0 aliphatic carbocycles. The second kappa shape index (κ2) is 7.59.